The smallest absolute Gasteiger partial charge is 0.382 e. The van der Waals surface area contributed by atoms with Gasteiger partial charge < -0.3 is 16.2 Å². The van der Waals surface area contributed by atoms with Crippen molar-refractivity contribution in [2.24, 2.45) is 11.7 Å². The number of amides is 1. The van der Waals surface area contributed by atoms with E-state index in [0.717, 1.165) is 43.9 Å². The fourth-order valence-corrected chi connectivity index (χ4v) is 4.95. The van der Waals surface area contributed by atoms with E-state index in [-0.39, 0.29) is 13.1 Å². The number of unbranched alkanes of at least 4 members (excludes halogenated alkanes) is 1. The van der Waals surface area contributed by atoms with Crippen LogP contribution < -0.4 is 15.8 Å². The van der Waals surface area contributed by atoms with Gasteiger partial charge in [-0.1, -0.05) is 38.2 Å². The summed E-state index contributed by atoms with van der Waals surface area (Å²) >= 11 is 0. The summed E-state index contributed by atoms with van der Waals surface area (Å²) in [5, 5.41) is 12.7. The van der Waals surface area contributed by atoms with E-state index >= 15 is 0 Å². The Bertz CT molecular complexity index is 843. The van der Waals surface area contributed by atoms with E-state index in [4.69, 9.17) is 5.73 Å². The zero-order chi connectivity index (χ0) is 23.8. The van der Waals surface area contributed by atoms with Gasteiger partial charge in [0.25, 0.3) is 0 Å². The Labute approximate surface area is 187 Å². The lowest BCUT2D eigenvalue weighted by Crippen LogP contribution is -2.47. The highest BCUT2D eigenvalue weighted by Gasteiger charge is 2.31. The average Bonchev–Trinajstić information content (AvgIpc) is 2.75. The quantitative estimate of drug-likeness (QED) is 0.364. The predicted octanol–water partition coefficient (Wildman–Crippen LogP) is 2.54. The highest BCUT2D eigenvalue weighted by atomic mass is 32.2. The van der Waals surface area contributed by atoms with Crippen molar-refractivity contribution in [1.82, 2.24) is 10.0 Å². The molecule has 1 saturated carbocycles. The van der Waals surface area contributed by atoms with Crippen molar-refractivity contribution in [2.45, 2.75) is 74.6 Å². The Hall–Kier alpha value is -1.69. The van der Waals surface area contributed by atoms with Crippen LogP contribution in [0.3, 0.4) is 0 Å². The lowest BCUT2D eigenvalue weighted by Gasteiger charge is -2.26. The first-order chi connectivity index (χ1) is 15.0. The standard InChI is InChI=1S/C21H32F3N3O4S/c22-21(23,24)16-9-6-10-17(14-16)32(30,31)27-12-5-4-11-26-20(29)19(28)18(25)13-15-7-2-1-3-8-15/h6,9-10,14-15,18-19,27-28H,1-5,7-8,11-13,25H2,(H,26,29)/t18-,19?/m1/s1. The Morgan fingerprint density at radius 2 is 1.81 bits per heavy atom. The minimum atomic E-state index is -4.63. The Balaban J connectivity index is 1.68. The highest BCUT2D eigenvalue weighted by Crippen LogP contribution is 2.30. The van der Waals surface area contributed by atoms with Crippen LogP contribution in [0.15, 0.2) is 29.2 Å². The van der Waals surface area contributed by atoms with Crippen LogP contribution in [0.25, 0.3) is 0 Å². The molecule has 1 aromatic carbocycles. The number of halogens is 3. The first kappa shape index (κ1) is 26.6. The molecule has 0 spiro atoms. The second-order valence-corrected chi connectivity index (χ2v) is 10.0. The minimum absolute atomic E-state index is 0.00179. The van der Waals surface area contributed by atoms with E-state index in [2.05, 4.69) is 10.0 Å². The van der Waals surface area contributed by atoms with E-state index in [0.29, 0.717) is 31.2 Å². The van der Waals surface area contributed by atoms with Gasteiger partial charge in [0, 0.05) is 19.1 Å². The number of rotatable bonds is 11. The Morgan fingerprint density at radius 1 is 1.16 bits per heavy atom. The second-order valence-electron chi connectivity index (χ2n) is 8.27. The van der Waals surface area contributed by atoms with Crippen LogP contribution in [0.1, 0.15) is 56.9 Å². The van der Waals surface area contributed by atoms with Gasteiger partial charge in [-0.2, -0.15) is 13.2 Å². The van der Waals surface area contributed by atoms with E-state index < -0.39 is 44.7 Å². The zero-order valence-electron chi connectivity index (χ0n) is 17.9. The van der Waals surface area contributed by atoms with Crippen molar-refractivity contribution in [1.29, 1.82) is 0 Å². The minimum Gasteiger partial charge on any atom is -0.382 e. The van der Waals surface area contributed by atoms with Crippen molar-refractivity contribution < 1.29 is 31.5 Å². The molecule has 2 rings (SSSR count). The highest BCUT2D eigenvalue weighted by molar-refractivity contribution is 7.89. The number of aliphatic hydroxyl groups is 1. The predicted molar refractivity (Wildman–Crippen MR) is 114 cm³/mol. The summed E-state index contributed by atoms with van der Waals surface area (Å²) in [6, 6.07) is 2.89. The second kappa shape index (κ2) is 12.0. The summed E-state index contributed by atoms with van der Waals surface area (Å²) in [7, 11) is -4.08. The molecule has 0 heterocycles. The Kier molecular flexibility index (Phi) is 9.93. The maximum atomic E-state index is 12.8. The molecular formula is C21H32F3N3O4S. The van der Waals surface area contributed by atoms with E-state index in [1.165, 1.54) is 6.42 Å². The van der Waals surface area contributed by atoms with Crippen molar-refractivity contribution in [3.05, 3.63) is 29.8 Å². The molecule has 5 N–H and O–H groups in total. The molecule has 0 aliphatic heterocycles. The van der Waals surface area contributed by atoms with Gasteiger partial charge in [0.05, 0.1) is 10.5 Å². The number of alkyl halides is 3. The number of hydrogen-bond donors (Lipinski definition) is 4. The van der Waals surface area contributed by atoms with Crippen LogP contribution in [-0.4, -0.2) is 44.7 Å². The number of carbonyl (C=O) groups is 1. The molecule has 2 atom stereocenters. The number of benzene rings is 1. The third kappa shape index (κ3) is 8.34. The van der Waals surface area contributed by atoms with Crippen LogP contribution in [0.4, 0.5) is 13.2 Å². The molecule has 0 radical (unpaired) electrons. The first-order valence-corrected chi connectivity index (χ1v) is 12.4. The molecule has 182 valence electrons. The molecule has 11 heteroatoms. The van der Waals surface area contributed by atoms with Crippen LogP contribution in [-0.2, 0) is 21.0 Å². The molecule has 32 heavy (non-hydrogen) atoms. The Morgan fingerprint density at radius 3 is 2.47 bits per heavy atom. The number of aliphatic hydroxyl groups excluding tert-OH is 1. The molecule has 1 aliphatic rings. The van der Waals surface area contributed by atoms with Gasteiger partial charge >= 0.3 is 6.18 Å². The van der Waals surface area contributed by atoms with E-state index in [9.17, 15) is 31.5 Å². The summed E-state index contributed by atoms with van der Waals surface area (Å²) in [5.41, 5.74) is 4.95. The topological polar surface area (TPSA) is 122 Å². The molecule has 1 aliphatic carbocycles. The monoisotopic (exact) mass is 479 g/mol. The summed E-state index contributed by atoms with van der Waals surface area (Å²) in [4.78, 5) is 11.6. The van der Waals surface area contributed by atoms with Crippen LogP contribution >= 0.6 is 0 Å². The maximum absolute atomic E-state index is 12.8. The largest absolute Gasteiger partial charge is 0.416 e. The molecule has 1 aromatic rings. The van der Waals surface area contributed by atoms with Gasteiger partial charge in [0.15, 0.2) is 0 Å². The molecule has 7 nitrogen and oxygen atoms in total. The number of hydrogen-bond acceptors (Lipinski definition) is 5. The van der Waals surface area contributed by atoms with Gasteiger partial charge in [0.2, 0.25) is 15.9 Å². The van der Waals surface area contributed by atoms with Crippen molar-refractivity contribution >= 4 is 15.9 Å². The van der Waals surface area contributed by atoms with Crippen LogP contribution in [0.5, 0.6) is 0 Å². The van der Waals surface area contributed by atoms with Crippen LogP contribution in [0.2, 0.25) is 0 Å². The van der Waals surface area contributed by atoms with Crippen LogP contribution in [0, 0.1) is 5.92 Å². The lowest BCUT2D eigenvalue weighted by atomic mass is 9.84. The number of nitrogens with two attached hydrogens (primary N) is 1. The summed E-state index contributed by atoms with van der Waals surface area (Å²) in [5.74, 6) is -0.121. The van der Waals surface area contributed by atoms with Crippen molar-refractivity contribution in [2.75, 3.05) is 13.1 Å². The normalized spacial score (nSPS) is 17.7. The molecule has 1 amide bonds. The number of sulfonamides is 1. The lowest BCUT2D eigenvalue weighted by molar-refractivity contribution is -0.137. The molecule has 0 bridgehead atoms. The SMILES string of the molecule is N[C@H](CC1CCCCC1)C(O)C(=O)NCCCCNS(=O)(=O)c1cccc(C(F)(F)F)c1. The maximum Gasteiger partial charge on any atom is 0.416 e. The number of nitrogens with one attached hydrogen (secondary N) is 2. The molecular weight excluding hydrogens is 447 g/mol. The summed E-state index contributed by atoms with van der Waals surface area (Å²) in [6.07, 6.45) is 1.09. The fraction of sp³-hybridized carbons (Fsp3) is 0.667. The van der Waals surface area contributed by atoms with Gasteiger partial charge in [-0.25, -0.2) is 13.1 Å². The van der Waals surface area contributed by atoms with Crippen molar-refractivity contribution in [3.8, 4) is 0 Å². The van der Waals surface area contributed by atoms with E-state index in [1.54, 1.807) is 0 Å². The molecule has 0 aromatic heterocycles. The zero-order valence-corrected chi connectivity index (χ0v) is 18.7. The fourth-order valence-electron chi connectivity index (χ4n) is 3.83. The number of carbonyl (C=O) groups excluding carboxylic acids is 1. The van der Waals surface area contributed by atoms with E-state index in [1.807, 2.05) is 0 Å². The van der Waals surface area contributed by atoms with Gasteiger partial charge in [0.1, 0.15) is 6.10 Å². The summed E-state index contributed by atoms with van der Waals surface area (Å²) < 4.78 is 64.9. The summed E-state index contributed by atoms with van der Waals surface area (Å²) in [6.45, 7) is 0.218. The van der Waals surface area contributed by atoms with Gasteiger partial charge in [-0.3, -0.25) is 4.79 Å². The van der Waals surface area contributed by atoms with Gasteiger partial charge in [-0.05, 0) is 43.4 Å². The molecule has 1 unspecified atom stereocenters. The molecule has 1 fully saturated rings. The third-order valence-corrected chi connectivity index (χ3v) is 7.13. The van der Waals surface area contributed by atoms with Crippen molar-refractivity contribution in [3.63, 3.8) is 0 Å². The van der Waals surface area contributed by atoms with Gasteiger partial charge in [-0.15, -0.1) is 0 Å². The molecule has 0 saturated heterocycles. The average molecular weight is 480 g/mol. The first-order valence-electron chi connectivity index (χ1n) is 10.9. The third-order valence-electron chi connectivity index (χ3n) is 5.67.